The third-order valence-corrected chi connectivity index (χ3v) is 2.99. The summed E-state index contributed by atoms with van der Waals surface area (Å²) in [5.41, 5.74) is 2.08. The first-order chi connectivity index (χ1) is 10.2. The van der Waals surface area contributed by atoms with Crippen LogP contribution in [0.2, 0.25) is 0 Å². The highest BCUT2D eigenvalue weighted by molar-refractivity contribution is 5.90. The Morgan fingerprint density at radius 3 is 2.48 bits per heavy atom. The van der Waals surface area contributed by atoms with Crippen LogP contribution in [0, 0.1) is 0 Å². The number of hydrogen-bond donors (Lipinski definition) is 1. The highest BCUT2D eigenvalue weighted by Crippen LogP contribution is 2.23. The Balaban J connectivity index is 2.08. The van der Waals surface area contributed by atoms with Gasteiger partial charge in [0.2, 0.25) is 0 Å². The number of rotatable bonds is 3. The van der Waals surface area contributed by atoms with Gasteiger partial charge in [0.05, 0.1) is 12.2 Å². The molecule has 3 aromatic rings. The molecule has 1 heterocycles. The predicted molar refractivity (Wildman–Crippen MR) is 76.5 cm³/mol. The summed E-state index contributed by atoms with van der Waals surface area (Å²) in [6.45, 7) is 2.03. The van der Waals surface area contributed by atoms with Gasteiger partial charge in [0.25, 0.3) is 0 Å². The van der Waals surface area contributed by atoms with Crippen LogP contribution in [0.25, 0.3) is 16.7 Å². The van der Waals surface area contributed by atoms with Crippen LogP contribution >= 0.6 is 0 Å². The molecule has 1 N–H and O–H groups in total. The quantitative estimate of drug-likeness (QED) is 0.746. The monoisotopic (exact) mass is 283 g/mol. The SMILES string of the molecule is CCOC(=O)c1ccc(O)c(-n2nc3ccccc3n2)c1. The second-order valence-electron chi connectivity index (χ2n) is 4.40. The summed E-state index contributed by atoms with van der Waals surface area (Å²) in [4.78, 5) is 13.1. The van der Waals surface area contributed by atoms with E-state index in [-0.39, 0.29) is 5.75 Å². The van der Waals surface area contributed by atoms with Crippen LogP contribution in [-0.4, -0.2) is 32.7 Å². The van der Waals surface area contributed by atoms with Gasteiger partial charge < -0.3 is 9.84 Å². The summed E-state index contributed by atoms with van der Waals surface area (Å²) >= 11 is 0. The summed E-state index contributed by atoms with van der Waals surface area (Å²) < 4.78 is 4.95. The van der Waals surface area contributed by atoms with Crippen molar-refractivity contribution in [2.45, 2.75) is 6.92 Å². The second kappa shape index (κ2) is 5.24. The topological polar surface area (TPSA) is 77.2 Å². The predicted octanol–water partition coefficient (Wildman–Crippen LogP) is 2.30. The highest BCUT2D eigenvalue weighted by atomic mass is 16.5. The van der Waals surface area contributed by atoms with Gasteiger partial charge in [0, 0.05) is 0 Å². The maximum absolute atomic E-state index is 11.8. The zero-order valence-electron chi connectivity index (χ0n) is 11.4. The number of fused-ring (bicyclic) bond motifs is 1. The Bertz CT molecular complexity index is 778. The van der Waals surface area contributed by atoms with Crippen molar-refractivity contribution in [3.05, 3.63) is 48.0 Å². The lowest BCUT2D eigenvalue weighted by molar-refractivity contribution is 0.0526. The molecule has 6 heteroatoms. The maximum atomic E-state index is 11.8. The van der Waals surface area contributed by atoms with Gasteiger partial charge in [0.1, 0.15) is 22.5 Å². The van der Waals surface area contributed by atoms with E-state index in [2.05, 4.69) is 10.2 Å². The zero-order valence-corrected chi connectivity index (χ0v) is 11.4. The standard InChI is InChI=1S/C15H13N3O3/c1-2-21-15(20)10-7-8-14(19)13(9-10)18-16-11-5-3-4-6-12(11)17-18/h3-9,19H,2H2,1H3. The van der Waals surface area contributed by atoms with E-state index in [0.29, 0.717) is 28.9 Å². The van der Waals surface area contributed by atoms with E-state index in [1.54, 1.807) is 6.92 Å². The van der Waals surface area contributed by atoms with Gasteiger partial charge in [-0.25, -0.2) is 4.79 Å². The third kappa shape index (κ3) is 2.43. The van der Waals surface area contributed by atoms with Crippen molar-refractivity contribution in [1.29, 1.82) is 0 Å². The van der Waals surface area contributed by atoms with E-state index in [4.69, 9.17) is 4.74 Å². The molecule has 0 unspecified atom stereocenters. The first-order valence-corrected chi connectivity index (χ1v) is 6.51. The average Bonchev–Trinajstić information content (AvgIpc) is 2.91. The van der Waals surface area contributed by atoms with Crippen LogP contribution in [0.15, 0.2) is 42.5 Å². The first-order valence-electron chi connectivity index (χ1n) is 6.51. The number of nitrogens with zero attached hydrogens (tertiary/aromatic N) is 3. The molecule has 0 amide bonds. The summed E-state index contributed by atoms with van der Waals surface area (Å²) in [5, 5.41) is 18.5. The molecule has 1 aromatic heterocycles. The van der Waals surface area contributed by atoms with E-state index < -0.39 is 5.97 Å². The lowest BCUT2D eigenvalue weighted by atomic mass is 10.2. The molecule has 0 radical (unpaired) electrons. The van der Waals surface area contributed by atoms with Crippen molar-refractivity contribution >= 4 is 17.0 Å². The first kappa shape index (κ1) is 13.1. The molecule has 0 fully saturated rings. The highest BCUT2D eigenvalue weighted by Gasteiger charge is 2.13. The third-order valence-electron chi connectivity index (χ3n) is 2.99. The zero-order chi connectivity index (χ0) is 14.8. The molecule has 0 atom stereocenters. The van der Waals surface area contributed by atoms with Crippen LogP contribution in [0.3, 0.4) is 0 Å². The molecule has 0 aliphatic carbocycles. The number of hydrogen-bond acceptors (Lipinski definition) is 5. The van der Waals surface area contributed by atoms with Gasteiger partial charge in [-0.1, -0.05) is 12.1 Å². The number of phenolic OH excluding ortho intramolecular Hbond substituents is 1. The molecule has 0 spiro atoms. The Morgan fingerprint density at radius 2 is 1.86 bits per heavy atom. The maximum Gasteiger partial charge on any atom is 0.338 e. The Labute approximate surface area is 120 Å². The van der Waals surface area contributed by atoms with Gasteiger partial charge >= 0.3 is 5.97 Å². The fourth-order valence-corrected chi connectivity index (χ4v) is 1.99. The summed E-state index contributed by atoms with van der Waals surface area (Å²) in [5.74, 6) is -0.459. The lowest BCUT2D eigenvalue weighted by Gasteiger charge is -2.06. The minimum atomic E-state index is -0.449. The number of carbonyl (C=O) groups is 1. The smallest absolute Gasteiger partial charge is 0.338 e. The number of benzene rings is 2. The average molecular weight is 283 g/mol. The van der Waals surface area contributed by atoms with E-state index in [1.807, 2.05) is 24.3 Å². The number of esters is 1. The van der Waals surface area contributed by atoms with Crippen LogP contribution in [0.5, 0.6) is 5.75 Å². The van der Waals surface area contributed by atoms with E-state index in [1.165, 1.54) is 23.0 Å². The largest absolute Gasteiger partial charge is 0.506 e. The molecule has 0 aliphatic heterocycles. The molecule has 0 saturated carbocycles. The Hall–Kier alpha value is -2.89. The Kier molecular flexibility index (Phi) is 3.27. The van der Waals surface area contributed by atoms with Crippen molar-refractivity contribution in [2.75, 3.05) is 6.61 Å². The molecule has 0 saturated heterocycles. The minimum Gasteiger partial charge on any atom is -0.506 e. The molecule has 106 valence electrons. The van der Waals surface area contributed by atoms with Crippen molar-refractivity contribution < 1.29 is 14.6 Å². The van der Waals surface area contributed by atoms with Gasteiger partial charge in [-0.15, -0.1) is 15.0 Å². The molecule has 0 bridgehead atoms. The van der Waals surface area contributed by atoms with Crippen molar-refractivity contribution in [3.63, 3.8) is 0 Å². The molecular weight excluding hydrogens is 270 g/mol. The minimum absolute atomic E-state index is 0.0108. The number of carbonyl (C=O) groups excluding carboxylic acids is 1. The van der Waals surface area contributed by atoms with E-state index in [0.717, 1.165) is 0 Å². The molecule has 0 aliphatic rings. The van der Waals surface area contributed by atoms with Crippen molar-refractivity contribution in [1.82, 2.24) is 15.0 Å². The van der Waals surface area contributed by atoms with Crippen molar-refractivity contribution in [3.8, 4) is 11.4 Å². The van der Waals surface area contributed by atoms with E-state index >= 15 is 0 Å². The second-order valence-corrected chi connectivity index (χ2v) is 4.40. The number of phenols is 1. The summed E-state index contributed by atoms with van der Waals surface area (Å²) in [7, 11) is 0. The number of ether oxygens (including phenoxy) is 1. The van der Waals surface area contributed by atoms with Gasteiger partial charge in [-0.3, -0.25) is 0 Å². The van der Waals surface area contributed by atoms with Crippen molar-refractivity contribution in [2.24, 2.45) is 0 Å². The van der Waals surface area contributed by atoms with Crippen LogP contribution in [-0.2, 0) is 4.74 Å². The Morgan fingerprint density at radius 1 is 1.19 bits per heavy atom. The molecule has 21 heavy (non-hydrogen) atoms. The summed E-state index contributed by atoms with van der Waals surface area (Å²) in [6.07, 6.45) is 0. The van der Waals surface area contributed by atoms with Gasteiger partial charge in [-0.05, 0) is 37.3 Å². The van der Waals surface area contributed by atoms with Crippen LogP contribution < -0.4 is 0 Å². The fourth-order valence-electron chi connectivity index (χ4n) is 1.99. The van der Waals surface area contributed by atoms with Gasteiger partial charge in [-0.2, -0.15) is 0 Å². The molecule has 3 rings (SSSR count). The molecule has 6 nitrogen and oxygen atoms in total. The molecular formula is C15H13N3O3. The van der Waals surface area contributed by atoms with E-state index in [9.17, 15) is 9.90 Å². The summed E-state index contributed by atoms with van der Waals surface area (Å²) in [6, 6.07) is 11.8. The van der Waals surface area contributed by atoms with Crippen LogP contribution in [0.4, 0.5) is 0 Å². The normalized spacial score (nSPS) is 10.7. The molecule has 2 aromatic carbocycles. The number of aromatic nitrogens is 3. The lowest BCUT2D eigenvalue weighted by Crippen LogP contribution is -2.07. The number of aromatic hydroxyl groups is 1. The van der Waals surface area contributed by atoms with Crippen LogP contribution in [0.1, 0.15) is 17.3 Å². The van der Waals surface area contributed by atoms with Gasteiger partial charge in [0.15, 0.2) is 0 Å². The fraction of sp³-hybridized carbons (Fsp3) is 0.133.